The molecule has 292 valence electrons. The van der Waals surface area contributed by atoms with E-state index in [4.69, 9.17) is 4.74 Å². The highest BCUT2D eigenvalue weighted by molar-refractivity contribution is 6.12. The minimum atomic E-state index is -1.67. The van der Waals surface area contributed by atoms with Crippen LogP contribution < -0.4 is 10.6 Å². The number of nitrogens with zero attached hydrogens (tertiary/aromatic N) is 2. The Balaban J connectivity index is 1.20. The number of esters is 1. The molecule has 4 N–H and O–H groups in total. The van der Waals surface area contributed by atoms with Crippen LogP contribution in [0.4, 0.5) is 5.69 Å². The largest absolute Gasteiger partial charge is 0.508 e. The number of carbonyl (C=O) groups excluding carboxylic acids is 3. The molecule has 2 fully saturated rings. The number of phenolic OH excluding ortho intramolecular Hbond substituents is 1. The third-order valence-electron chi connectivity index (χ3n) is 12.3. The minimum absolute atomic E-state index is 0.0234. The SMILES string of the molecule is O=C1O[C@@H](c2ccccc2)[C@@H](c2ccccc2)N2[C@@H](c3ccc(O)cc3)[C@]3(C(=O)Nc4ccc(C#CC5=CCCCC5)cc43)[C@@H](C(=O)NCc3nc4ccccc4[nH]3)[C@H]12. The van der Waals surface area contributed by atoms with Gasteiger partial charge in [0, 0.05) is 11.3 Å². The summed E-state index contributed by atoms with van der Waals surface area (Å²) in [6, 6.07) is 36.6. The Bertz CT molecular complexity index is 2670. The second kappa shape index (κ2) is 14.8. The van der Waals surface area contributed by atoms with E-state index in [1.54, 1.807) is 24.3 Å². The van der Waals surface area contributed by atoms with Gasteiger partial charge in [0.05, 0.1) is 35.6 Å². The number of phenols is 1. The number of hydrogen-bond donors (Lipinski definition) is 4. The summed E-state index contributed by atoms with van der Waals surface area (Å²) in [4.78, 5) is 55.8. The number of carbonyl (C=O) groups is 3. The van der Waals surface area contributed by atoms with E-state index >= 15 is 14.4 Å². The summed E-state index contributed by atoms with van der Waals surface area (Å²) in [6.07, 6.45) is 5.54. The van der Waals surface area contributed by atoms with Gasteiger partial charge in [-0.15, -0.1) is 0 Å². The third kappa shape index (κ3) is 6.17. The van der Waals surface area contributed by atoms with Crippen molar-refractivity contribution in [3.63, 3.8) is 0 Å². The maximum Gasteiger partial charge on any atom is 0.324 e. The average molecular weight is 780 g/mol. The van der Waals surface area contributed by atoms with Crippen LogP contribution in [0, 0.1) is 17.8 Å². The fourth-order valence-corrected chi connectivity index (χ4v) is 9.80. The van der Waals surface area contributed by atoms with Gasteiger partial charge in [-0.3, -0.25) is 19.3 Å². The number of cyclic esters (lactones) is 1. The highest BCUT2D eigenvalue weighted by Gasteiger charge is 2.74. The number of aromatic nitrogens is 2. The number of amides is 2. The van der Waals surface area contributed by atoms with Crippen LogP contribution in [-0.4, -0.2) is 43.8 Å². The van der Waals surface area contributed by atoms with Gasteiger partial charge < -0.3 is 25.5 Å². The monoisotopic (exact) mass is 779 g/mol. The Morgan fingerprint density at radius 2 is 1.59 bits per heavy atom. The lowest BCUT2D eigenvalue weighted by atomic mass is 9.65. The molecule has 10 nitrogen and oxygen atoms in total. The highest BCUT2D eigenvalue weighted by Crippen LogP contribution is 2.64. The van der Waals surface area contributed by atoms with E-state index in [1.807, 2.05) is 108 Å². The highest BCUT2D eigenvalue weighted by atomic mass is 16.6. The van der Waals surface area contributed by atoms with Crippen LogP contribution in [0.2, 0.25) is 0 Å². The number of rotatable bonds is 6. The molecule has 4 aliphatic rings. The predicted molar refractivity (Wildman–Crippen MR) is 223 cm³/mol. The summed E-state index contributed by atoms with van der Waals surface area (Å²) in [5, 5.41) is 16.8. The number of anilines is 1. The molecule has 1 aliphatic carbocycles. The van der Waals surface area contributed by atoms with Gasteiger partial charge in [-0.1, -0.05) is 103 Å². The van der Waals surface area contributed by atoms with Crippen LogP contribution in [0.3, 0.4) is 0 Å². The van der Waals surface area contributed by atoms with Crippen LogP contribution in [0.1, 0.15) is 77.5 Å². The van der Waals surface area contributed by atoms with Crippen molar-refractivity contribution in [3.05, 3.63) is 173 Å². The Kier molecular flexibility index (Phi) is 9.11. The maximum atomic E-state index is 15.4. The van der Waals surface area contributed by atoms with Crippen molar-refractivity contribution >= 4 is 34.5 Å². The zero-order valence-corrected chi connectivity index (χ0v) is 32.1. The van der Waals surface area contributed by atoms with Crippen molar-refractivity contribution in [1.29, 1.82) is 0 Å². The quantitative estimate of drug-likeness (QED) is 0.101. The number of nitrogens with one attached hydrogen (secondary N) is 3. The van der Waals surface area contributed by atoms with Gasteiger partial charge in [-0.05, 0) is 96.0 Å². The molecule has 6 atom stereocenters. The molecule has 10 rings (SSSR count). The molecule has 0 bridgehead atoms. The summed E-state index contributed by atoms with van der Waals surface area (Å²) in [6.45, 7) is 0.0234. The number of allylic oxidation sites excluding steroid dienone is 2. The number of para-hydroxylation sites is 2. The molecule has 2 amide bonds. The predicted octanol–water partition coefficient (Wildman–Crippen LogP) is 7.71. The molecule has 59 heavy (non-hydrogen) atoms. The topological polar surface area (TPSA) is 137 Å². The maximum absolute atomic E-state index is 15.4. The molecule has 1 aromatic heterocycles. The van der Waals surface area contributed by atoms with E-state index < -0.39 is 53.3 Å². The third-order valence-corrected chi connectivity index (χ3v) is 12.3. The summed E-state index contributed by atoms with van der Waals surface area (Å²) in [5.74, 6) is 4.48. The van der Waals surface area contributed by atoms with E-state index in [2.05, 4.69) is 38.5 Å². The molecular weight excluding hydrogens is 739 g/mol. The lowest BCUT2D eigenvalue weighted by Crippen LogP contribution is -2.54. The fourth-order valence-electron chi connectivity index (χ4n) is 9.80. The van der Waals surface area contributed by atoms with Gasteiger partial charge >= 0.3 is 5.97 Å². The smallest absolute Gasteiger partial charge is 0.324 e. The Morgan fingerprint density at radius 3 is 2.34 bits per heavy atom. The molecule has 0 saturated carbocycles. The summed E-state index contributed by atoms with van der Waals surface area (Å²) >= 11 is 0. The first-order valence-electron chi connectivity index (χ1n) is 20.2. The molecule has 0 unspecified atom stereocenters. The van der Waals surface area contributed by atoms with E-state index in [0.717, 1.165) is 53.4 Å². The van der Waals surface area contributed by atoms with Crippen molar-refractivity contribution in [2.45, 2.75) is 61.9 Å². The van der Waals surface area contributed by atoms with Gasteiger partial charge in [0.1, 0.15) is 29.1 Å². The number of morpholine rings is 1. The zero-order chi connectivity index (χ0) is 40.1. The van der Waals surface area contributed by atoms with E-state index in [9.17, 15) is 5.11 Å². The van der Waals surface area contributed by atoms with Gasteiger partial charge in [0.25, 0.3) is 0 Å². The van der Waals surface area contributed by atoms with Crippen molar-refractivity contribution in [1.82, 2.24) is 20.2 Å². The molecule has 3 aliphatic heterocycles. The lowest BCUT2D eigenvalue weighted by molar-refractivity contribution is -0.178. The fraction of sp³-hybridized carbons (Fsp3) is 0.224. The van der Waals surface area contributed by atoms with Crippen LogP contribution in [0.5, 0.6) is 5.75 Å². The second-order valence-corrected chi connectivity index (χ2v) is 15.7. The number of H-pyrrole nitrogens is 1. The Hall–Kier alpha value is -6.96. The molecule has 6 aromatic rings. The molecule has 1 spiro atoms. The van der Waals surface area contributed by atoms with Crippen LogP contribution in [0.15, 0.2) is 139 Å². The standard InChI is InChI=1S/C49H41N5O5/c55-35-25-23-34(24-26-35)45-49(36-28-31(22-27-37(36)53-48(49)58)21-20-30-12-4-1-5-13-30)41(46(56)50-29-40-51-38-18-10-11-19-39(38)52-40)43-47(57)59-44(33-16-8-3-9-17-33)42(54(43)45)32-14-6-2-7-15-32/h2-3,6-12,14-19,22-28,41-45,55H,1,4-5,13,29H2,(H,50,56)(H,51,52)(H,53,58)/t41-,42-,43-,44+,45+,49-/m1/s1. The molecule has 4 heterocycles. The molecule has 2 saturated heterocycles. The molecule has 5 aromatic carbocycles. The Morgan fingerprint density at radius 1 is 0.847 bits per heavy atom. The van der Waals surface area contributed by atoms with Gasteiger partial charge in [-0.25, -0.2) is 4.98 Å². The number of aromatic amines is 1. The van der Waals surface area contributed by atoms with Gasteiger partial charge in [0.2, 0.25) is 11.8 Å². The van der Waals surface area contributed by atoms with Gasteiger partial charge in [-0.2, -0.15) is 0 Å². The second-order valence-electron chi connectivity index (χ2n) is 15.7. The van der Waals surface area contributed by atoms with Crippen molar-refractivity contribution in [2.24, 2.45) is 5.92 Å². The molecule has 10 heteroatoms. The van der Waals surface area contributed by atoms with E-state index in [0.29, 0.717) is 28.2 Å². The average Bonchev–Trinajstić information content (AvgIpc) is 3.93. The summed E-state index contributed by atoms with van der Waals surface area (Å²) < 4.78 is 6.52. The van der Waals surface area contributed by atoms with Crippen LogP contribution in [-0.2, 0) is 31.1 Å². The lowest BCUT2D eigenvalue weighted by Gasteiger charge is -2.46. The normalized spacial score (nSPS) is 24.7. The van der Waals surface area contributed by atoms with Gasteiger partial charge in [0.15, 0.2) is 0 Å². The summed E-state index contributed by atoms with van der Waals surface area (Å²) in [5.41, 5.74) is 5.06. The number of ether oxygens (including phenoxy) is 1. The van der Waals surface area contributed by atoms with Crippen molar-refractivity contribution in [3.8, 4) is 17.6 Å². The number of imidazole rings is 1. The Labute approximate surface area is 341 Å². The van der Waals surface area contributed by atoms with E-state index in [1.165, 1.54) is 0 Å². The molecular formula is C49H41N5O5. The number of fused-ring (bicyclic) bond motifs is 4. The van der Waals surface area contributed by atoms with Crippen LogP contribution in [0.25, 0.3) is 11.0 Å². The minimum Gasteiger partial charge on any atom is -0.508 e. The number of benzene rings is 5. The number of hydrogen-bond acceptors (Lipinski definition) is 7. The first-order valence-corrected chi connectivity index (χ1v) is 20.2. The first-order chi connectivity index (χ1) is 28.9. The summed E-state index contributed by atoms with van der Waals surface area (Å²) in [7, 11) is 0. The van der Waals surface area contributed by atoms with Crippen molar-refractivity contribution < 1.29 is 24.2 Å². The van der Waals surface area contributed by atoms with E-state index in [-0.39, 0.29) is 12.3 Å². The van der Waals surface area contributed by atoms with Crippen LogP contribution >= 0.6 is 0 Å². The van der Waals surface area contributed by atoms with Crippen molar-refractivity contribution in [2.75, 3.05) is 5.32 Å². The number of aromatic hydroxyl groups is 1. The first kappa shape index (κ1) is 36.4. The zero-order valence-electron chi connectivity index (χ0n) is 32.1. The molecule has 0 radical (unpaired) electrons.